The van der Waals surface area contributed by atoms with Crippen LogP contribution in [0.5, 0.6) is 0 Å². The fourth-order valence-corrected chi connectivity index (χ4v) is 14.6. The summed E-state index contributed by atoms with van der Waals surface area (Å²) < 4.78 is 0. The van der Waals surface area contributed by atoms with Gasteiger partial charge >= 0.3 is 0 Å². The highest BCUT2D eigenvalue weighted by atomic mass is 15.3. The summed E-state index contributed by atoms with van der Waals surface area (Å²) in [5, 5.41) is 10.2. The summed E-state index contributed by atoms with van der Waals surface area (Å²) in [4.78, 5) is 8.06. The van der Waals surface area contributed by atoms with E-state index in [4.69, 9.17) is 0 Å². The van der Waals surface area contributed by atoms with Crippen LogP contribution in [0.15, 0.2) is 127 Å². The van der Waals surface area contributed by atoms with Gasteiger partial charge < -0.3 is 14.7 Å². The minimum absolute atomic E-state index is 0.000387. The maximum atomic E-state index is 10.2. The standard InChI is InChI=1S/C71H79BN4/c1-44-35-47(65(2,3)4)24-29-57(44)74-60-40-50(76-59-28-23-45(43-73)36-54(59)70(15)31-20-32-71(70,76)16)26-27-55(60)72-56-41-52-53(69(13,14)34-33-68(52,11)12)42-61(56)75(63-39-49(67(8,9)10)38-62(74)64(63)72)58-30-25-48(66(5,6)7)37-51(58)46-21-18-17-19-22-46/h17-19,21-30,35-42H,20,31-34H2,1-16H3. The summed E-state index contributed by atoms with van der Waals surface area (Å²) in [5.41, 5.74) is 26.2. The van der Waals surface area contributed by atoms with Gasteiger partial charge in [-0.2, -0.15) is 5.26 Å². The minimum Gasteiger partial charge on any atom is -0.334 e. The quantitative estimate of drug-likeness (QED) is 0.165. The first-order chi connectivity index (χ1) is 35.7. The van der Waals surface area contributed by atoms with Gasteiger partial charge in [-0.3, -0.25) is 0 Å². The van der Waals surface area contributed by atoms with E-state index >= 15 is 0 Å². The van der Waals surface area contributed by atoms with Crippen LogP contribution in [-0.2, 0) is 32.5 Å². The van der Waals surface area contributed by atoms with E-state index in [1.165, 1.54) is 112 Å². The van der Waals surface area contributed by atoms with Crippen LogP contribution in [0.2, 0.25) is 0 Å². The van der Waals surface area contributed by atoms with Crippen molar-refractivity contribution in [2.75, 3.05) is 14.7 Å². The number of anilines is 8. The maximum absolute atomic E-state index is 10.2. The zero-order chi connectivity index (χ0) is 54.0. The molecule has 0 amide bonds. The third-order valence-electron chi connectivity index (χ3n) is 19.6. The topological polar surface area (TPSA) is 33.5 Å². The van der Waals surface area contributed by atoms with E-state index in [9.17, 15) is 5.26 Å². The summed E-state index contributed by atoms with van der Waals surface area (Å²) in [6.07, 6.45) is 5.62. The molecule has 5 heteroatoms. The van der Waals surface area contributed by atoms with Crippen LogP contribution in [0.25, 0.3) is 11.1 Å². The summed E-state index contributed by atoms with van der Waals surface area (Å²) in [5.74, 6) is 0. The average molecular weight is 999 g/mol. The van der Waals surface area contributed by atoms with Crippen LogP contribution in [-0.4, -0.2) is 12.3 Å². The predicted molar refractivity (Wildman–Crippen MR) is 325 cm³/mol. The molecule has 1 saturated carbocycles. The second kappa shape index (κ2) is 16.5. The van der Waals surface area contributed by atoms with Crippen molar-refractivity contribution >= 4 is 68.6 Å². The zero-order valence-electron chi connectivity index (χ0n) is 48.5. The van der Waals surface area contributed by atoms with Gasteiger partial charge in [0.05, 0.1) is 22.9 Å². The lowest BCUT2D eigenvalue weighted by atomic mass is 9.33. The normalized spacial score (nSPS) is 20.8. The van der Waals surface area contributed by atoms with E-state index in [-0.39, 0.29) is 44.7 Å². The Balaban J connectivity index is 1.22. The highest BCUT2D eigenvalue weighted by Gasteiger charge is 2.60. The molecule has 0 aromatic heterocycles. The molecule has 12 rings (SSSR count). The monoisotopic (exact) mass is 999 g/mol. The molecule has 1 fully saturated rings. The summed E-state index contributed by atoms with van der Waals surface area (Å²) in [6, 6.07) is 52.7. The van der Waals surface area contributed by atoms with Crippen molar-refractivity contribution in [3.8, 4) is 17.2 Å². The molecule has 4 nitrogen and oxygen atoms in total. The fraction of sp³-hybridized carbons (Fsp3) is 0.394. The number of hydrogen-bond acceptors (Lipinski definition) is 4. The lowest BCUT2D eigenvalue weighted by Gasteiger charge is -2.48. The van der Waals surface area contributed by atoms with E-state index in [1.54, 1.807) is 0 Å². The first-order valence-electron chi connectivity index (χ1n) is 28.4. The molecule has 0 spiro atoms. The highest BCUT2D eigenvalue weighted by Crippen LogP contribution is 2.63. The second-order valence-electron chi connectivity index (χ2n) is 28.5. The fourth-order valence-electron chi connectivity index (χ4n) is 14.6. The Kier molecular flexibility index (Phi) is 10.9. The molecular weight excluding hydrogens is 920 g/mol. The van der Waals surface area contributed by atoms with E-state index in [0.29, 0.717) is 0 Å². The third-order valence-corrected chi connectivity index (χ3v) is 19.6. The Morgan fingerprint density at radius 3 is 1.68 bits per heavy atom. The van der Waals surface area contributed by atoms with Crippen molar-refractivity contribution in [1.29, 1.82) is 5.26 Å². The molecule has 7 aromatic rings. The zero-order valence-corrected chi connectivity index (χ0v) is 48.5. The maximum Gasteiger partial charge on any atom is 0.252 e. The number of hydrogen-bond donors (Lipinski definition) is 0. The number of nitrogens with zero attached hydrogens (tertiary/aromatic N) is 4. The van der Waals surface area contributed by atoms with E-state index in [2.05, 4.69) is 253 Å². The summed E-state index contributed by atoms with van der Waals surface area (Å²) in [6.45, 7) is 38.3. The summed E-state index contributed by atoms with van der Waals surface area (Å²) in [7, 11) is 0. The number of rotatable bonds is 4. The predicted octanol–water partition coefficient (Wildman–Crippen LogP) is 17.2. The molecule has 0 bridgehead atoms. The Bertz CT molecular complexity index is 3610. The van der Waals surface area contributed by atoms with Crippen molar-refractivity contribution in [3.05, 3.63) is 172 Å². The number of aryl methyl sites for hydroxylation is 1. The van der Waals surface area contributed by atoms with Crippen molar-refractivity contribution < 1.29 is 0 Å². The first kappa shape index (κ1) is 50.3. The Morgan fingerprint density at radius 2 is 1.07 bits per heavy atom. The van der Waals surface area contributed by atoms with Crippen LogP contribution in [0.4, 0.5) is 45.5 Å². The molecule has 0 N–H and O–H groups in total. The lowest BCUT2D eigenvalue weighted by molar-refractivity contribution is 0.330. The molecule has 2 atom stereocenters. The molecule has 2 unspecified atom stereocenters. The number of nitriles is 1. The molecule has 0 saturated heterocycles. The molecule has 7 aromatic carbocycles. The molecule has 3 heterocycles. The van der Waals surface area contributed by atoms with Crippen molar-refractivity contribution in [2.45, 2.75) is 181 Å². The van der Waals surface area contributed by atoms with Gasteiger partial charge in [0.25, 0.3) is 6.71 Å². The van der Waals surface area contributed by atoms with E-state index in [1.807, 2.05) is 6.07 Å². The van der Waals surface area contributed by atoms with Gasteiger partial charge in [-0.15, -0.1) is 0 Å². The molecule has 5 aliphatic rings. The molecular formula is C71H79BN4. The molecule has 2 aliphatic carbocycles. The van der Waals surface area contributed by atoms with Gasteiger partial charge in [0.15, 0.2) is 0 Å². The number of fused-ring (bicyclic) bond motifs is 8. The van der Waals surface area contributed by atoms with Crippen LogP contribution in [0, 0.1) is 18.3 Å². The molecule has 3 aliphatic heterocycles. The molecule has 76 heavy (non-hydrogen) atoms. The van der Waals surface area contributed by atoms with Crippen LogP contribution in [0.3, 0.4) is 0 Å². The molecule has 0 radical (unpaired) electrons. The Hall–Kier alpha value is -6.51. The van der Waals surface area contributed by atoms with Gasteiger partial charge in [-0.05, 0) is 194 Å². The highest BCUT2D eigenvalue weighted by molar-refractivity contribution is 7.00. The third kappa shape index (κ3) is 7.35. The molecule has 386 valence electrons. The van der Waals surface area contributed by atoms with Gasteiger partial charge in [0.2, 0.25) is 0 Å². The van der Waals surface area contributed by atoms with Crippen molar-refractivity contribution in [3.63, 3.8) is 0 Å². The van der Waals surface area contributed by atoms with Crippen molar-refractivity contribution in [1.82, 2.24) is 0 Å². The Labute approximate surface area is 456 Å². The van der Waals surface area contributed by atoms with Crippen LogP contribution in [0.1, 0.15) is 180 Å². The number of benzene rings is 7. The minimum atomic E-state index is -0.171. The Morgan fingerprint density at radius 1 is 0.487 bits per heavy atom. The largest absolute Gasteiger partial charge is 0.334 e. The second-order valence-corrected chi connectivity index (χ2v) is 28.5. The lowest BCUT2D eigenvalue weighted by Crippen LogP contribution is -2.62. The van der Waals surface area contributed by atoms with Gasteiger partial charge in [0.1, 0.15) is 0 Å². The average Bonchev–Trinajstić information content (AvgIpc) is 3.77. The van der Waals surface area contributed by atoms with Gasteiger partial charge in [-0.25, -0.2) is 0 Å². The smallest absolute Gasteiger partial charge is 0.252 e. The van der Waals surface area contributed by atoms with Gasteiger partial charge in [-0.1, -0.05) is 164 Å². The van der Waals surface area contributed by atoms with Crippen LogP contribution >= 0.6 is 0 Å². The van der Waals surface area contributed by atoms with Crippen molar-refractivity contribution in [2.24, 2.45) is 0 Å². The SMILES string of the molecule is Cc1cc(C(C)(C)C)ccc1N1c2cc(N3c4ccc(C#N)cc4C4(C)CCCC34C)ccc2B2c3cc4c(cc3N(c3ccc(C(C)(C)C)cc3-c3ccccc3)c3cc(C(C)(C)C)cc1c32)C(C)(C)CCC4(C)C. The van der Waals surface area contributed by atoms with Crippen LogP contribution < -0.4 is 31.1 Å². The van der Waals surface area contributed by atoms with E-state index in [0.717, 1.165) is 37.7 Å². The first-order valence-corrected chi connectivity index (χ1v) is 28.4. The van der Waals surface area contributed by atoms with E-state index < -0.39 is 0 Å². The summed E-state index contributed by atoms with van der Waals surface area (Å²) >= 11 is 0. The van der Waals surface area contributed by atoms with Gasteiger partial charge in [0, 0.05) is 50.8 Å².